The number of carbonyl (C=O) groups excluding carboxylic acids is 1. The lowest BCUT2D eigenvalue weighted by Gasteiger charge is -2.30. The summed E-state index contributed by atoms with van der Waals surface area (Å²) in [5, 5.41) is 0. The summed E-state index contributed by atoms with van der Waals surface area (Å²) < 4.78 is 10.4. The van der Waals surface area contributed by atoms with Crippen molar-refractivity contribution in [3.63, 3.8) is 0 Å². The topological polar surface area (TPSA) is 42.0 Å². The molecule has 2 saturated heterocycles. The van der Waals surface area contributed by atoms with Gasteiger partial charge in [-0.15, -0.1) is 0 Å². The summed E-state index contributed by atoms with van der Waals surface area (Å²) in [4.78, 5) is 15.4. The number of amides is 1. The zero-order chi connectivity index (χ0) is 11.2. The van der Waals surface area contributed by atoms with Crippen LogP contribution in [0.15, 0.2) is 0 Å². The highest BCUT2D eigenvalue weighted by Crippen LogP contribution is 2.07. The summed E-state index contributed by atoms with van der Waals surface area (Å²) in [5.74, 6) is 0. The normalized spacial score (nSPS) is 21.6. The molecule has 0 atom stereocenters. The highest BCUT2D eigenvalue weighted by atomic mass is 16.6. The van der Waals surface area contributed by atoms with Crippen LogP contribution in [0.3, 0.4) is 0 Å². The van der Waals surface area contributed by atoms with Gasteiger partial charge in [0.05, 0.1) is 19.8 Å². The smallest absolute Gasteiger partial charge is 0.409 e. The molecule has 2 fully saturated rings. The lowest BCUT2D eigenvalue weighted by Crippen LogP contribution is -2.42. The van der Waals surface area contributed by atoms with Gasteiger partial charge >= 0.3 is 6.09 Å². The summed E-state index contributed by atoms with van der Waals surface area (Å²) in [6.45, 7) is 6.91. The van der Waals surface area contributed by atoms with E-state index in [1.165, 1.54) is 0 Å². The van der Waals surface area contributed by atoms with Gasteiger partial charge in [-0.1, -0.05) is 0 Å². The second-order valence-corrected chi connectivity index (χ2v) is 4.26. The molecular formula is C11H20N2O3. The number of carbonyl (C=O) groups is 1. The van der Waals surface area contributed by atoms with Crippen molar-refractivity contribution in [3.05, 3.63) is 0 Å². The average Bonchev–Trinajstić information content (AvgIpc) is 2.23. The molecule has 5 heteroatoms. The second kappa shape index (κ2) is 6.06. The summed E-state index contributed by atoms with van der Waals surface area (Å²) in [6, 6.07) is 0. The van der Waals surface area contributed by atoms with Gasteiger partial charge in [-0.2, -0.15) is 0 Å². The predicted molar refractivity (Wildman–Crippen MR) is 59.4 cm³/mol. The van der Waals surface area contributed by atoms with Gasteiger partial charge < -0.3 is 14.4 Å². The van der Waals surface area contributed by atoms with Gasteiger partial charge in [0.25, 0.3) is 0 Å². The van der Waals surface area contributed by atoms with Crippen LogP contribution in [-0.2, 0) is 9.47 Å². The highest BCUT2D eigenvalue weighted by Gasteiger charge is 2.21. The van der Waals surface area contributed by atoms with Crippen molar-refractivity contribution in [2.75, 3.05) is 52.5 Å². The lowest BCUT2D eigenvalue weighted by atomic mass is 10.2. The fraction of sp³-hybridized carbons (Fsp3) is 0.909. The molecule has 0 spiro atoms. The van der Waals surface area contributed by atoms with E-state index in [-0.39, 0.29) is 6.09 Å². The molecule has 2 heterocycles. The maximum atomic E-state index is 11.3. The van der Waals surface area contributed by atoms with E-state index in [1.807, 2.05) is 0 Å². The van der Waals surface area contributed by atoms with Gasteiger partial charge in [-0.05, 0) is 12.8 Å². The molecule has 0 aromatic rings. The molecule has 0 N–H and O–H groups in total. The van der Waals surface area contributed by atoms with Gasteiger partial charge in [0.15, 0.2) is 0 Å². The van der Waals surface area contributed by atoms with Gasteiger partial charge in [-0.3, -0.25) is 4.90 Å². The standard InChI is InChI=1S/C11H20N2O3/c14-11(13-4-1-5-13)16-8-2-3-12-6-9-15-10-7-12/h1-10H2. The Morgan fingerprint density at radius 2 is 1.94 bits per heavy atom. The molecule has 0 unspecified atom stereocenters. The van der Waals surface area contributed by atoms with Crippen molar-refractivity contribution >= 4 is 6.09 Å². The van der Waals surface area contributed by atoms with E-state index in [0.717, 1.165) is 58.8 Å². The Balaban J connectivity index is 1.49. The summed E-state index contributed by atoms with van der Waals surface area (Å²) >= 11 is 0. The zero-order valence-electron chi connectivity index (χ0n) is 9.69. The van der Waals surface area contributed by atoms with Crippen LogP contribution in [0.2, 0.25) is 0 Å². The van der Waals surface area contributed by atoms with E-state index in [1.54, 1.807) is 4.90 Å². The molecule has 0 aromatic carbocycles. The quantitative estimate of drug-likeness (QED) is 0.659. The second-order valence-electron chi connectivity index (χ2n) is 4.26. The molecule has 5 nitrogen and oxygen atoms in total. The van der Waals surface area contributed by atoms with Crippen LogP contribution >= 0.6 is 0 Å². The fourth-order valence-corrected chi connectivity index (χ4v) is 1.86. The van der Waals surface area contributed by atoms with Crippen LogP contribution in [0.5, 0.6) is 0 Å². The zero-order valence-corrected chi connectivity index (χ0v) is 9.69. The van der Waals surface area contributed by atoms with Crippen molar-refractivity contribution < 1.29 is 14.3 Å². The molecule has 16 heavy (non-hydrogen) atoms. The molecule has 2 aliphatic heterocycles. The SMILES string of the molecule is O=C(OCCCN1CCOCC1)N1CCC1. The average molecular weight is 228 g/mol. The van der Waals surface area contributed by atoms with Crippen LogP contribution in [0, 0.1) is 0 Å². The number of morpholine rings is 1. The van der Waals surface area contributed by atoms with Crippen molar-refractivity contribution in [1.82, 2.24) is 9.80 Å². The number of hydrogen-bond acceptors (Lipinski definition) is 4. The van der Waals surface area contributed by atoms with Crippen molar-refractivity contribution in [2.45, 2.75) is 12.8 Å². The van der Waals surface area contributed by atoms with Crippen LogP contribution in [0.4, 0.5) is 4.79 Å². The van der Waals surface area contributed by atoms with Gasteiger partial charge in [0.2, 0.25) is 0 Å². The Kier molecular flexibility index (Phi) is 4.42. The molecule has 0 saturated carbocycles. The number of likely N-dealkylation sites (tertiary alicyclic amines) is 1. The lowest BCUT2D eigenvalue weighted by molar-refractivity contribution is 0.0321. The molecule has 0 bridgehead atoms. The van der Waals surface area contributed by atoms with E-state index < -0.39 is 0 Å². The third-order valence-corrected chi connectivity index (χ3v) is 3.06. The summed E-state index contributed by atoms with van der Waals surface area (Å²) in [7, 11) is 0. The minimum Gasteiger partial charge on any atom is -0.449 e. The first-order valence-corrected chi connectivity index (χ1v) is 6.08. The third kappa shape index (κ3) is 3.35. The largest absolute Gasteiger partial charge is 0.449 e. The monoisotopic (exact) mass is 228 g/mol. The maximum Gasteiger partial charge on any atom is 0.409 e. The first-order valence-electron chi connectivity index (χ1n) is 6.08. The van der Waals surface area contributed by atoms with E-state index >= 15 is 0 Å². The third-order valence-electron chi connectivity index (χ3n) is 3.06. The van der Waals surface area contributed by atoms with Gasteiger partial charge in [0, 0.05) is 32.7 Å². The van der Waals surface area contributed by atoms with E-state index in [2.05, 4.69) is 4.90 Å². The molecule has 92 valence electrons. The Bertz CT molecular complexity index is 225. The Labute approximate surface area is 96.3 Å². The first kappa shape index (κ1) is 11.7. The number of ether oxygens (including phenoxy) is 2. The van der Waals surface area contributed by atoms with Crippen LogP contribution in [-0.4, -0.2) is 68.4 Å². The maximum absolute atomic E-state index is 11.3. The highest BCUT2D eigenvalue weighted by molar-refractivity contribution is 5.68. The molecule has 2 aliphatic rings. The number of nitrogens with zero attached hydrogens (tertiary/aromatic N) is 2. The molecule has 0 aromatic heterocycles. The molecule has 0 radical (unpaired) electrons. The predicted octanol–water partition coefficient (Wildman–Crippen LogP) is 0.551. The Morgan fingerprint density at radius 3 is 2.56 bits per heavy atom. The minimum absolute atomic E-state index is 0.145. The van der Waals surface area contributed by atoms with Crippen molar-refractivity contribution in [1.29, 1.82) is 0 Å². The fourth-order valence-electron chi connectivity index (χ4n) is 1.86. The molecular weight excluding hydrogens is 208 g/mol. The van der Waals surface area contributed by atoms with E-state index in [4.69, 9.17) is 9.47 Å². The number of rotatable bonds is 4. The Hall–Kier alpha value is -0.810. The van der Waals surface area contributed by atoms with Crippen molar-refractivity contribution in [3.8, 4) is 0 Å². The minimum atomic E-state index is -0.145. The van der Waals surface area contributed by atoms with E-state index in [0.29, 0.717) is 6.61 Å². The van der Waals surface area contributed by atoms with Gasteiger partial charge in [0.1, 0.15) is 0 Å². The van der Waals surface area contributed by atoms with Crippen LogP contribution in [0.25, 0.3) is 0 Å². The van der Waals surface area contributed by atoms with Crippen LogP contribution in [0.1, 0.15) is 12.8 Å². The summed E-state index contributed by atoms with van der Waals surface area (Å²) in [6.07, 6.45) is 1.89. The Morgan fingerprint density at radius 1 is 1.19 bits per heavy atom. The number of hydrogen-bond donors (Lipinski definition) is 0. The first-order chi connectivity index (χ1) is 7.86. The van der Waals surface area contributed by atoms with E-state index in [9.17, 15) is 4.79 Å². The van der Waals surface area contributed by atoms with Crippen molar-refractivity contribution in [2.24, 2.45) is 0 Å². The van der Waals surface area contributed by atoms with Crippen LogP contribution < -0.4 is 0 Å². The summed E-state index contributed by atoms with van der Waals surface area (Å²) in [5.41, 5.74) is 0. The van der Waals surface area contributed by atoms with Gasteiger partial charge in [-0.25, -0.2) is 4.79 Å². The molecule has 0 aliphatic carbocycles. The molecule has 2 rings (SSSR count). The molecule has 1 amide bonds.